The molecule has 0 aromatic heterocycles. The molecule has 1 N–H and O–H groups in total. The van der Waals surface area contributed by atoms with Crippen molar-refractivity contribution in [2.75, 3.05) is 0 Å². The topological polar surface area (TPSA) is 33.1 Å². The lowest BCUT2D eigenvalue weighted by atomic mass is 9.89. The van der Waals surface area contributed by atoms with Gasteiger partial charge in [-0.05, 0) is 25.2 Å². The van der Waals surface area contributed by atoms with Gasteiger partial charge in [0.15, 0.2) is 5.90 Å². The first-order valence-electron chi connectivity index (χ1n) is 4.40. The van der Waals surface area contributed by atoms with E-state index in [2.05, 4.69) is 6.92 Å². The normalized spacial score (nSPS) is 31.5. The van der Waals surface area contributed by atoms with Crippen LogP contribution in [0.1, 0.15) is 39.5 Å². The molecular formula is C9H17NO. The predicted molar refractivity (Wildman–Crippen MR) is 45.9 cm³/mol. The Bertz CT molecular complexity index is 144. The number of hydrogen-bond acceptors (Lipinski definition) is 2. The Morgan fingerprint density at radius 1 is 1.45 bits per heavy atom. The van der Waals surface area contributed by atoms with Gasteiger partial charge in [-0.25, -0.2) is 0 Å². The van der Waals surface area contributed by atoms with Gasteiger partial charge in [-0.2, -0.15) is 0 Å². The molecule has 2 unspecified atom stereocenters. The molecule has 1 aliphatic carbocycles. The quantitative estimate of drug-likeness (QED) is 0.458. The van der Waals surface area contributed by atoms with Crippen LogP contribution in [0.25, 0.3) is 0 Å². The lowest BCUT2D eigenvalue weighted by molar-refractivity contribution is 0.116. The van der Waals surface area contributed by atoms with Crippen molar-refractivity contribution < 1.29 is 4.74 Å². The second-order valence-corrected chi connectivity index (χ2v) is 3.57. The van der Waals surface area contributed by atoms with E-state index >= 15 is 0 Å². The van der Waals surface area contributed by atoms with Crippen molar-refractivity contribution in [2.45, 2.75) is 45.6 Å². The number of rotatable bonds is 1. The molecule has 11 heavy (non-hydrogen) atoms. The summed E-state index contributed by atoms with van der Waals surface area (Å²) in [6, 6.07) is 0. The van der Waals surface area contributed by atoms with Gasteiger partial charge in [0.05, 0.1) is 0 Å². The molecule has 2 nitrogen and oxygen atoms in total. The van der Waals surface area contributed by atoms with Gasteiger partial charge in [0.1, 0.15) is 6.10 Å². The minimum absolute atomic E-state index is 0.330. The van der Waals surface area contributed by atoms with Crippen LogP contribution in [0.4, 0.5) is 0 Å². The standard InChI is InChI=1S/C9H17NO/c1-7-4-3-5-9(6-7)11-8(2)10/h7,9-10H,3-6H2,1-2H3. The van der Waals surface area contributed by atoms with Crippen molar-refractivity contribution in [3.63, 3.8) is 0 Å². The molecule has 0 spiro atoms. The average Bonchev–Trinajstić information content (AvgIpc) is 1.85. The average molecular weight is 155 g/mol. The summed E-state index contributed by atoms with van der Waals surface area (Å²) < 4.78 is 5.34. The third-order valence-electron chi connectivity index (χ3n) is 2.23. The highest BCUT2D eigenvalue weighted by molar-refractivity contribution is 5.69. The zero-order chi connectivity index (χ0) is 8.27. The van der Waals surface area contributed by atoms with Crippen LogP contribution in [0.5, 0.6) is 0 Å². The van der Waals surface area contributed by atoms with E-state index in [0.717, 1.165) is 18.8 Å². The Morgan fingerprint density at radius 3 is 2.73 bits per heavy atom. The molecular weight excluding hydrogens is 138 g/mol. The largest absolute Gasteiger partial charge is 0.478 e. The number of nitrogens with one attached hydrogen (secondary N) is 1. The van der Waals surface area contributed by atoms with E-state index < -0.39 is 0 Å². The van der Waals surface area contributed by atoms with E-state index in [1.165, 1.54) is 12.8 Å². The molecule has 0 heterocycles. The van der Waals surface area contributed by atoms with Gasteiger partial charge >= 0.3 is 0 Å². The third kappa shape index (κ3) is 2.91. The lowest BCUT2D eigenvalue weighted by Gasteiger charge is -2.26. The van der Waals surface area contributed by atoms with Crippen LogP contribution >= 0.6 is 0 Å². The van der Waals surface area contributed by atoms with Gasteiger partial charge in [-0.15, -0.1) is 0 Å². The SMILES string of the molecule is CC(=N)OC1CCCC(C)C1. The van der Waals surface area contributed by atoms with E-state index in [9.17, 15) is 0 Å². The van der Waals surface area contributed by atoms with Crippen LogP contribution in [-0.4, -0.2) is 12.0 Å². The van der Waals surface area contributed by atoms with Crippen LogP contribution in [0.3, 0.4) is 0 Å². The lowest BCUT2D eigenvalue weighted by Crippen LogP contribution is -2.22. The molecule has 1 rings (SSSR count). The smallest absolute Gasteiger partial charge is 0.177 e. The van der Waals surface area contributed by atoms with Gasteiger partial charge in [0, 0.05) is 6.92 Å². The van der Waals surface area contributed by atoms with E-state index in [1.54, 1.807) is 6.92 Å². The van der Waals surface area contributed by atoms with Crippen LogP contribution in [0.15, 0.2) is 0 Å². The van der Waals surface area contributed by atoms with Gasteiger partial charge in [0.25, 0.3) is 0 Å². The van der Waals surface area contributed by atoms with Gasteiger partial charge in [-0.3, -0.25) is 5.41 Å². The van der Waals surface area contributed by atoms with Gasteiger partial charge in [-0.1, -0.05) is 13.3 Å². The van der Waals surface area contributed by atoms with Gasteiger partial charge < -0.3 is 4.74 Å². The Balaban J connectivity index is 2.28. The molecule has 1 fully saturated rings. The zero-order valence-corrected chi connectivity index (χ0v) is 7.39. The molecule has 1 aliphatic rings. The monoisotopic (exact) mass is 155 g/mol. The molecule has 1 saturated carbocycles. The Morgan fingerprint density at radius 2 is 2.18 bits per heavy atom. The van der Waals surface area contributed by atoms with E-state index in [4.69, 9.17) is 10.1 Å². The maximum atomic E-state index is 7.17. The molecule has 0 amide bonds. The van der Waals surface area contributed by atoms with Crippen molar-refractivity contribution in [1.29, 1.82) is 5.41 Å². The van der Waals surface area contributed by atoms with Crippen LogP contribution in [0.2, 0.25) is 0 Å². The summed E-state index contributed by atoms with van der Waals surface area (Å²) in [6.45, 7) is 3.97. The fourth-order valence-corrected chi connectivity index (χ4v) is 1.74. The van der Waals surface area contributed by atoms with Crippen LogP contribution in [-0.2, 0) is 4.74 Å². The zero-order valence-electron chi connectivity index (χ0n) is 7.39. The first-order chi connectivity index (χ1) is 5.18. The minimum atomic E-state index is 0.330. The van der Waals surface area contributed by atoms with E-state index in [1.807, 2.05) is 0 Å². The summed E-state index contributed by atoms with van der Waals surface area (Å²) in [7, 11) is 0. The molecule has 0 aromatic carbocycles. The van der Waals surface area contributed by atoms with Crippen molar-refractivity contribution >= 4 is 5.90 Å². The van der Waals surface area contributed by atoms with Crippen molar-refractivity contribution in [1.82, 2.24) is 0 Å². The molecule has 0 aliphatic heterocycles. The van der Waals surface area contributed by atoms with Crippen LogP contribution < -0.4 is 0 Å². The Hall–Kier alpha value is -0.530. The molecule has 64 valence electrons. The van der Waals surface area contributed by atoms with Crippen LogP contribution in [0, 0.1) is 11.3 Å². The van der Waals surface area contributed by atoms with Crippen molar-refractivity contribution in [3.8, 4) is 0 Å². The maximum absolute atomic E-state index is 7.17. The number of ether oxygens (including phenoxy) is 1. The Labute approximate surface area is 68.5 Å². The van der Waals surface area contributed by atoms with Crippen molar-refractivity contribution in [2.24, 2.45) is 5.92 Å². The predicted octanol–water partition coefficient (Wildman–Crippen LogP) is 2.58. The third-order valence-corrected chi connectivity index (χ3v) is 2.23. The fourth-order valence-electron chi connectivity index (χ4n) is 1.74. The molecule has 0 aromatic rings. The summed E-state index contributed by atoms with van der Waals surface area (Å²) in [5.74, 6) is 1.15. The summed E-state index contributed by atoms with van der Waals surface area (Å²) in [5, 5.41) is 7.17. The second-order valence-electron chi connectivity index (χ2n) is 3.57. The maximum Gasteiger partial charge on any atom is 0.177 e. The summed E-state index contributed by atoms with van der Waals surface area (Å²) in [5.41, 5.74) is 0. The first-order valence-corrected chi connectivity index (χ1v) is 4.40. The highest BCUT2D eigenvalue weighted by Gasteiger charge is 2.19. The molecule has 2 atom stereocenters. The fraction of sp³-hybridized carbons (Fsp3) is 0.889. The summed E-state index contributed by atoms with van der Waals surface area (Å²) in [4.78, 5) is 0. The highest BCUT2D eigenvalue weighted by Crippen LogP contribution is 2.25. The van der Waals surface area contributed by atoms with Crippen molar-refractivity contribution in [3.05, 3.63) is 0 Å². The molecule has 0 saturated heterocycles. The number of hydrogen-bond donors (Lipinski definition) is 1. The first kappa shape index (κ1) is 8.57. The summed E-state index contributed by atoms with van der Waals surface area (Å²) in [6.07, 6.45) is 5.20. The summed E-state index contributed by atoms with van der Waals surface area (Å²) >= 11 is 0. The Kier molecular flexibility index (Phi) is 2.92. The molecule has 0 bridgehead atoms. The minimum Gasteiger partial charge on any atom is -0.478 e. The van der Waals surface area contributed by atoms with E-state index in [0.29, 0.717) is 12.0 Å². The highest BCUT2D eigenvalue weighted by atomic mass is 16.5. The molecule has 0 radical (unpaired) electrons. The van der Waals surface area contributed by atoms with Gasteiger partial charge in [0.2, 0.25) is 0 Å². The molecule has 2 heteroatoms. The van der Waals surface area contributed by atoms with E-state index in [-0.39, 0.29) is 0 Å². The second kappa shape index (κ2) is 3.74.